The zero-order valence-electron chi connectivity index (χ0n) is 14.8. The number of carbonyl (C=O) groups is 1. The number of nitrogens with zero attached hydrogens (tertiary/aromatic N) is 2. The summed E-state index contributed by atoms with van der Waals surface area (Å²) in [6, 6.07) is 9.68. The molecule has 0 saturated carbocycles. The number of rotatable bonds is 1. The lowest BCUT2D eigenvalue weighted by Gasteiger charge is -2.30. The van der Waals surface area contributed by atoms with Gasteiger partial charge in [-0.05, 0) is 38.5 Å². The van der Waals surface area contributed by atoms with Crippen molar-refractivity contribution in [3.8, 4) is 6.07 Å². The molecular formula is C20H18ClN3O2. The summed E-state index contributed by atoms with van der Waals surface area (Å²) < 4.78 is 7.33. The normalized spacial score (nSPS) is 18.7. The number of nitrogens with one attached hydrogen (secondary N) is 1. The first kappa shape index (κ1) is 16.7. The molecule has 0 aliphatic carbocycles. The summed E-state index contributed by atoms with van der Waals surface area (Å²) in [6.45, 7) is 6.45. The topological polar surface area (TPSA) is 67.0 Å². The van der Waals surface area contributed by atoms with E-state index in [0.29, 0.717) is 16.2 Å². The van der Waals surface area contributed by atoms with Gasteiger partial charge in [0.25, 0.3) is 0 Å². The van der Waals surface area contributed by atoms with E-state index in [4.69, 9.17) is 16.3 Å². The highest BCUT2D eigenvalue weighted by Crippen LogP contribution is 2.47. The Morgan fingerprint density at radius 2 is 2.00 bits per heavy atom. The largest absolute Gasteiger partial charge is 0.456 e. The second-order valence-electron chi connectivity index (χ2n) is 7.54. The molecule has 26 heavy (non-hydrogen) atoms. The van der Waals surface area contributed by atoms with Crippen LogP contribution in [0.2, 0.25) is 5.02 Å². The van der Waals surface area contributed by atoms with E-state index in [0.717, 1.165) is 22.6 Å². The fourth-order valence-corrected chi connectivity index (χ4v) is 3.77. The molecule has 132 valence electrons. The number of esters is 1. The highest BCUT2D eigenvalue weighted by atomic mass is 35.5. The highest BCUT2D eigenvalue weighted by molar-refractivity contribution is 6.30. The number of nitriles is 1. The minimum absolute atomic E-state index is 0.217. The molecule has 5 nitrogen and oxygen atoms in total. The molecule has 0 spiro atoms. The maximum absolute atomic E-state index is 12.4. The molecule has 1 N–H and O–H groups in total. The summed E-state index contributed by atoms with van der Waals surface area (Å²) in [5, 5.41) is 13.7. The fourth-order valence-electron chi connectivity index (χ4n) is 3.65. The average Bonchev–Trinajstić information content (AvgIpc) is 3.15. The Morgan fingerprint density at radius 3 is 2.62 bits per heavy atom. The predicted molar refractivity (Wildman–Crippen MR) is 99.0 cm³/mol. The Morgan fingerprint density at radius 1 is 1.31 bits per heavy atom. The van der Waals surface area contributed by atoms with E-state index in [1.807, 2.05) is 18.3 Å². The Hall–Kier alpha value is -2.71. The van der Waals surface area contributed by atoms with E-state index in [1.165, 1.54) is 0 Å². The molecule has 2 aromatic rings. The first-order chi connectivity index (χ1) is 12.3. The van der Waals surface area contributed by atoms with E-state index in [-0.39, 0.29) is 24.0 Å². The predicted octanol–water partition coefficient (Wildman–Crippen LogP) is 4.14. The number of hydrogen-bond acceptors (Lipinski definition) is 4. The lowest BCUT2D eigenvalue weighted by atomic mass is 9.81. The molecule has 1 aromatic heterocycles. The summed E-state index contributed by atoms with van der Waals surface area (Å²) in [7, 11) is 0. The molecule has 6 heteroatoms. The van der Waals surface area contributed by atoms with Crippen LogP contribution in [0.15, 0.2) is 41.7 Å². The number of hydrogen-bond donors (Lipinski definition) is 1. The average molecular weight is 368 g/mol. The first-order valence-electron chi connectivity index (χ1n) is 8.39. The van der Waals surface area contributed by atoms with Crippen molar-refractivity contribution in [3.63, 3.8) is 0 Å². The van der Waals surface area contributed by atoms with Gasteiger partial charge in [0.1, 0.15) is 18.5 Å². The third-order valence-electron chi connectivity index (χ3n) is 4.83. The van der Waals surface area contributed by atoms with Crippen molar-refractivity contribution in [3.05, 3.63) is 63.4 Å². The smallest absolute Gasteiger partial charge is 0.337 e. The van der Waals surface area contributed by atoms with Crippen LogP contribution in [0, 0.1) is 11.3 Å². The first-order valence-corrected chi connectivity index (χ1v) is 8.77. The second-order valence-corrected chi connectivity index (χ2v) is 7.97. The fraction of sp³-hybridized carbons (Fsp3) is 0.300. The second kappa shape index (κ2) is 5.65. The SMILES string of the molecule is CC(C)(C)n1cc(C#N)c2c1NC1=C(C(=O)OC1)[C@@H]2c1ccc(Cl)cc1. The molecule has 2 aliphatic heterocycles. The van der Waals surface area contributed by atoms with Crippen LogP contribution in [-0.4, -0.2) is 17.1 Å². The van der Waals surface area contributed by atoms with Gasteiger partial charge in [0.15, 0.2) is 0 Å². The monoisotopic (exact) mass is 367 g/mol. The van der Waals surface area contributed by atoms with Crippen molar-refractivity contribution < 1.29 is 9.53 Å². The molecule has 0 fully saturated rings. The van der Waals surface area contributed by atoms with E-state index in [2.05, 4.69) is 36.7 Å². The van der Waals surface area contributed by atoms with E-state index < -0.39 is 0 Å². The summed E-state index contributed by atoms with van der Waals surface area (Å²) >= 11 is 6.04. The zero-order valence-corrected chi connectivity index (χ0v) is 15.5. The highest BCUT2D eigenvalue weighted by Gasteiger charge is 2.42. The molecule has 0 unspecified atom stereocenters. The van der Waals surface area contributed by atoms with Crippen LogP contribution in [0.5, 0.6) is 0 Å². The molecule has 1 atom stereocenters. The number of anilines is 1. The number of fused-ring (bicyclic) bond motifs is 1. The van der Waals surface area contributed by atoms with Gasteiger partial charge in [-0.25, -0.2) is 4.79 Å². The van der Waals surface area contributed by atoms with Gasteiger partial charge < -0.3 is 14.6 Å². The van der Waals surface area contributed by atoms with Crippen LogP contribution < -0.4 is 5.32 Å². The molecule has 4 rings (SSSR count). The van der Waals surface area contributed by atoms with Gasteiger partial charge in [0, 0.05) is 28.2 Å². The summed E-state index contributed by atoms with van der Waals surface area (Å²) in [6.07, 6.45) is 1.86. The third-order valence-corrected chi connectivity index (χ3v) is 5.08. The van der Waals surface area contributed by atoms with Crippen molar-refractivity contribution in [2.45, 2.75) is 32.2 Å². The third kappa shape index (κ3) is 2.41. The molecule has 1 aromatic carbocycles. The summed E-state index contributed by atoms with van der Waals surface area (Å²) in [5.74, 6) is 0.142. The van der Waals surface area contributed by atoms with Crippen molar-refractivity contribution in [1.82, 2.24) is 4.57 Å². The molecule has 3 heterocycles. The number of ether oxygens (including phenoxy) is 1. The van der Waals surface area contributed by atoms with Gasteiger partial charge in [0.05, 0.1) is 16.8 Å². The number of aromatic nitrogens is 1. The molecule has 0 saturated heterocycles. The zero-order chi connectivity index (χ0) is 18.6. The lowest BCUT2D eigenvalue weighted by Crippen LogP contribution is -2.26. The molecule has 2 aliphatic rings. The Kier molecular flexibility index (Phi) is 3.64. The van der Waals surface area contributed by atoms with E-state index in [9.17, 15) is 10.1 Å². The Bertz CT molecular complexity index is 988. The minimum Gasteiger partial charge on any atom is -0.456 e. The lowest BCUT2D eigenvalue weighted by molar-refractivity contribution is -0.136. The summed E-state index contributed by atoms with van der Waals surface area (Å²) in [4.78, 5) is 12.4. The van der Waals surface area contributed by atoms with Crippen LogP contribution in [-0.2, 0) is 15.1 Å². The van der Waals surface area contributed by atoms with Crippen molar-refractivity contribution in [2.75, 3.05) is 11.9 Å². The quantitative estimate of drug-likeness (QED) is 0.769. The van der Waals surface area contributed by atoms with Crippen molar-refractivity contribution >= 4 is 23.4 Å². The van der Waals surface area contributed by atoms with Gasteiger partial charge in [-0.3, -0.25) is 0 Å². The maximum atomic E-state index is 12.4. The van der Waals surface area contributed by atoms with E-state index >= 15 is 0 Å². The Labute approximate surface area is 156 Å². The van der Waals surface area contributed by atoms with Crippen LogP contribution in [0.3, 0.4) is 0 Å². The molecule has 0 radical (unpaired) electrons. The van der Waals surface area contributed by atoms with Crippen LogP contribution in [0.25, 0.3) is 0 Å². The Balaban J connectivity index is 2.01. The van der Waals surface area contributed by atoms with Crippen LogP contribution >= 0.6 is 11.6 Å². The van der Waals surface area contributed by atoms with E-state index in [1.54, 1.807) is 12.1 Å². The number of benzene rings is 1. The van der Waals surface area contributed by atoms with Gasteiger partial charge in [0.2, 0.25) is 0 Å². The standard InChI is InChI=1S/C20H18ClN3O2/c1-20(2,3)24-9-12(8-22)16-15(11-4-6-13(21)7-5-11)17-14(23-18(16)24)10-26-19(17)25/h4-7,9,15,23H,10H2,1-3H3/t15-/m1/s1. The molecule has 0 bridgehead atoms. The van der Waals surface area contributed by atoms with Crippen LogP contribution in [0.4, 0.5) is 5.82 Å². The van der Waals surface area contributed by atoms with Gasteiger partial charge in [-0.2, -0.15) is 5.26 Å². The molecular weight excluding hydrogens is 350 g/mol. The summed E-state index contributed by atoms with van der Waals surface area (Å²) in [5.41, 5.74) is 3.37. The van der Waals surface area contributed by atoms with Gasteiger partial charge in [-0.15, -0.1) is 0 Å². The maximum Gasteiger partial charge on any atom is 0.337 e. The minimum atomic E-state index is -0.355. The van der Waals surface area contributed by atoms with Crippen molar-refractivity contribution in [1.29, 1.82) is 5.26 Å². The number of halogens is 1. The van der Waals surface area contributed by atoms with Gasteiger partial charge in [-0.1, -0.05) is 23.7 Å². The van der Waals surface area contributed by atoms with Crippen molar-refractivity contribution in [2.24, 2.45) is 0 Å². The molecule has 0 amide bonds. The van der Waals surface area contributed by atoms with Crippen LogP contribution in [0.1, 0.15) is 43.4 Å². The number of cyclic esters (lactones) is 1. The van der Waals surface area contributed by atoms with Gasteiger partial charge >= 0.3 is 5.97 Å². The number of carbonyl (C=O) groups excluding carboxylic acids is 1.